The molecule has 1 aliphatic rings. The third-order valence-corrected chi connectivity index (χ3v) is 6.60. The number of thiocarbonyl (C=S) groups is 1. The van der Waals surface area contributed by atoms with Crippen LogP contribution in [0.1, 0.15) is 22.4 Å². The molecule has 4 nitrogen and oxygen atoms in total. The highest BCUT2D eigenvalue weighted by Gasteiger charge is 2.34. The van der Waals surface area contributed by atoms with Crippen molar-refractivity contribution in [3.63, 3.8) is 0 Å². The Morgan fingerprint density at radius 1 is 1.07 bits per heavy atom. The summed E-state index contributed by atoms with van der Waals surface area (Å²) in [7, 11) is 0. The number of anilines is 1. The lowest BCUT2D eigenvalue weighted by Crippen LogP contribution is -2.28. The molecule has 0 bridgehead atoms. The summed E-state index contributed by atoms with van der Waals surface area (Å²) in [5.41, 5.74) is 5.30. The lowest BCUT2D eigenvalue weighted by atomic mass is 10.1. The number of hydrogen-bond acceptors (Lipinski definition) is 4. The highest BCUT2D eigenvalue weighted by Crippen LogP contribution is 2.39. The molecule has 2 heterocycles. The van der Waals surface area contributed by atoms with Crippen LogP contribution in [0.4, 0.5) is 5.69 Å². The number of aryl methyl sites for hydroxylation is 2. The fraction of sp³-hybridized carbons (Fsp3) is 0.136. The smallest absolute Gasteiger partial charge is 0.268 e. The Kier molecular flexibility index (Phi) is 5.34. The van der Waals surface area contributed by atoms with Gasteiger partial charge in [-0.25, -0.2) is 4.68 Å². The number of carbonyl (C=O) groups is 1. The molecule has 1 saturated heterocycles. The Morgan fingerprint density at radius 2 is 1.79 bits per heavy atom. The lowest BCUT2D eigenvalue weighted by Gasteiger charge is -2.18. The first-order chi connectivity index (χ1) is 13.9. The molecule has 1 amide bonds. The Balaban J connectivity index is 1.73. The third-order valence-electron chi connectivity index (χ3n) is 4.93. The van der Waals surface area contributed by atoms with Gasteiger partial charge >= 0.3 is 0 Å². The van der Waals surface area contributed by atoms with E-state index in [2.05, 4.69) is 5.10 Å². The van der Waals surface area contributed by atoms with Crippen molar-refractivity contribution in [2.24, 2.45) is 0 Å². The highest BCUT2D eigenvalue weighted by atomic mass is 35.5. The van der Waals surface area contributed by atoms with Gasteiger partial charge in [0, 0.05) is 5.56 Å². The van der Waals surface area contributed by atoms with E-state index in [0.29, 0.717) is 14.4 Å². The molecule has 0 N–H and O–H groups in total. The third kappa shape index (κ3) is 3.52. The van der Waals surface area contributed by atoms with Crippen molar-refractivity contribution in [2.45, 2.75) is 20.8 Å². The second-order valence-corrected chi connectivity index (χ2v) is 8.81. The molecule has 0 aliphatic carbocycles. The summed E-state index contributed by atoms with van der Waals surface area (Å²) >= 11 is 13.4. The lowest BCUT2D eigenvalue weighted by molar-refractivity contribution is -0.113. The molecule has 4 rings (SSSR count). The van der Waals surface area contributed by atoms with E-state index in [9.17, 15) is 4.79 Å². The van der Waals surface area contributed by atoms with Crippen LogP contribution in [0.2, 0.25) is 5.15 Å². The largest absolute Gasteiger partial charge is 0.270 e. The summed E-state index contributed by atoms with van der Waals surface area (Å²) < 4.78 is 2.19. The molecular weight excluding hydrogens is 422 g/mol. The van der Waals surface area contributed by atoms with Gasteiger partial charge in [0.15, 0.2) is 4.32 Å². The van der Waals surface area contributed by atoms with Crippen molar-refractivity contribution in [1.82, 2.24) is 9.78 Å². The monoisotopic (exact) mass is 439 g/mol. The van der Waals surface area contributed by atoms with Gasteiger partial charge in [0.05, 0.1) is 22.0 Å². The molecule has 0 spiro atoms. The van der Waals surface area contributed by atoms with Crippen LogP contribution in [0.25, 0.3) is 11.8 Å². The first kappa shape index (κ1) is 19.9. The molecule has 29 heavy (non-hydrogen) atoms. The average molecular weight is 440 g/mol. The summed E-state index contributed by atoms with van der Waals surface area (Å²) in [6.45, 7) is 5.90. The fourth-order valence-corrected chi connectivity index (χ4v) is 4.79. The van der Waals surface area contributed by atoms with E-state index < -0.39 is 0 Å². The topological polar surface area (TPSA) is 38.1 Å². The summed E-state index contributed by atoms with van der Waals surface area (Å²) in [5.74, 6) is -0.142. The van der Waals surface area contributed by atoms with Crippen LogP contribution in [0.15, 0.2) is 53.4 Å². The van der Waals surface area contributed by atoms with Crippen LogP contribution >= 0.6 is 35.6 Å². The van der Waals surface area contributed by atoms with Gasteiger partial charge in [-0.15, -0.1) is 0 Å². The first-order valence-corrected chi connectivity index (χ1v) is 10.6. The van der Waals surface area contributed by atoms with E-state index in [1.165, 1.54) is 11.8 Å². The van der Waals surface area contributed by atoms with E-state index in [1.807, 2.05) is 69.3 Å². The maximum atomic E-state index is 13.2. The van der Waals surface area contributed by atoms with Gasteiger partial charge in [0.25, 0.3) is 5.91 Å². The molecule has 3 aromatic rings. The number of thioether (sulfide) groups is 1. The zero-order valence-corrected chi connectivity index (χ0v) is 18.5. The molecule has 0 atom stereocenters. The van der Waals surface area contributed by atoms with E-state index in [-0.39, 0.29) is 5.91 Å². The van der Waals surface area contributed by atoms with Gasteiger partial charge in [0.2, 0.25) is 0 Å². The zero-order valence-electron chi connectivity index (χ0n) is 16.1. The fourth-order valence-electron chi connectivity index (χ4n) is 3.20. The summed E-state index contributed by atoms with van der Waals surface area (Å²) in [5, 5.41) is 5.01. The van der Waals surface area contributed by atoms with Crippen molar-refractivity contribution in [2.75, 3.05) is 4.90 Å². The van der Waals surface area contributed by atoms with Gasteiger partial charge in [-0.1, -0.05) is 65.9 Å². The standard InChI is InChI=1S/C22H18ClN3OS2/c1-13-8-7-11-18(14(13)2)25-21(27)19(29-22(25)28)12-17-15(3)24-26(20(17)23)16-9-5-4-6-10-16/h4-12H,1-3H3. The number of para-hydroxylation sites is 1. The quantitative estimate of drug-likeness (QED) is 0.378. The minimum absolute atomic E-state index is 0.142. The molecule has 7 heteroatoms. The van der Waals surface area contributed by atoms with Crippen molar-refractivity contribution in [3.8, 4) is 5.69 Å². The molecule has 0 saturated carbocycles. The molecule has 146 valence electrons. The maximum Gasteiger partial charge on any atom is 0.270 e. The summed E-state index contributed by atoms with van der Waals surface area (Å²) in [4.78, 5) is 15.3. The minimum Gasteiger partial charge on any atom is -0.268 e. The Hall–Kier alpha value is -2.41. The molecule has 1 fully saturated rings. The normalized spacial score (nSPS) is 15.6. The molecule has 2 aromatic carbocycles. The Morgan fingerprint density at radius 3 is 2.52 bits per heavy atom. The van der Waals surface area contributed by atoms with E-state index in [0.717, 1.165) is 33.8 Å². The van der Waals surface area contributed by atoms with Crippen molar-refractivity contribution in [1.29, 1.82) is 0 Å². The van der Waals surface area contributed by atoms with E-state index in [4.69, 9.17) is 23.8 Å². The molecular formula is C22H18ClN3OS2. The summed E-state index contributed by atoms with van der Waals surface area (Å²) in [6.07, 6.45) is 1.79. The van der Waals surface area contributed by atoms with E-state index >= 15 is 0 Å². The predicted octanol–water partition coefficient (Wildman–Crippen LogP) is 5.86. The second-order valence-electron chi connectivity index (χ2n) is 6.77. The number of hydrogen-bond donors (Lipinski definition) is 0. The molecule has 0 unspecified atom stereocenters. The number of benzene rings is 2. The average Bonchev–Trinajstić information content (AvgIpc) is 3.15. The molecule has 1 aromatic heterocycles. The molecule has 1 aliphatic heterocycles. The van der Waals surface area contributed by atoms with Crippen LogP contribution in [0.5, 0.6) is 0 Å². The van der Waals surface area contributed by atoms with Crippen molar-refractivity contribution in [3.05, 3.63) is 81.0 Å². The number of carbonyl (C=O) groups excluding carboxylic acids is 1. The van der Waals surface area contributed by atoms with Gasteiger partial charge in [-0.05, 0) is 56.2 Å². The SMILES string of the molecule is Cc1cccc(N2C(=O)C(=Cc3c(C)nn(-c4ccccc4)c3Cl)SC2=S)c1C. The van der Waals surface area contributed by atoms with Gasteiger partial charge in [0.1, 0.15) is 5.15 Å². The second kappa shape index (κ2) is 7.78. The number of nitrogens with zero attached hydrogens (tertiary/aromatic N) is 3. The first-order valence-electron chi connectivity index (χ1n) is 9.03. The number of amides is 1. The Labute approximate surface area is 184 Å². The van der Waals surface area contributed by atoms with E-state index in [1.54, 1.807) is 15.7 Å². The number of rotatable bonds is 3. The highest BCUT2D eigenvalue weighted by molar-refractivity contribution is 8.27. The van der Waals surface area contributed by atoms with Crippen LogP contribution in [-0.4, -0.2) is 20.0 Å². The Bertz CT molecular complexity index is 1170. The van der Waals surface area contributed by atoms with Crippen molar-refractivity contribution >= 4 is 57.6 Å². The summed E-state index contributed by atoms with van der Waals surface area (Å²) in [6, 6.07) is 15.5. The van der Waals surface area contributed by atoms with Crippen molar-refractivity contribution < 1.29 is 4.79 Å². The number of aromatic nitrogens is 2. The van der Waals surface area contributed by atoms with Crippen LogP contribution in [0.3, 0.4) is 0 Å². The van der Waals surface area contributed by atoms with Crippen LogP contribution < -0.4 is 4.90 Å². The molecule has 0 radical (unpaired) electrons. The maximum absolute atomic E-state index is 13.2. The van der Waals surface area contributed by atoms with Gasteiger partial charge < -0.3 is 0 Å². The number of halogens is 1. The minimum atomic E-state index is -0.142. The van der Waals surface area contributed by atoms with Gasteiger partial charge in [-0.3, -0.25) is 9.69 Å². The predicted molar refractivity (Wildman–Crippen MR) is 125 cm³/mol. The van der Waals surface area contributed by atoms with Gasteiger partial charge in [-0.2, -0.15) is 5.10 Å². The van der Waals surface area contributed by atoms with Crippen LogP contribution in [-0.2, 0) is 4.79 Å². The van der Waals surface area contributed by atoms with Crippen LogP contribution in [0, 0.1) is 20.8 Å². The zero-order chi connectivity index (χ0) is 20.7.